The molecule has 16 heavy (non-hydrogen) atoms. The van der Waals surface area contributed by atoms with E-state index in [1.54, 1.807) is 0 Å². The van der Waals surface area contributed by atoms with Crippen molar-refractivity contribution >= 4 is 5.91 Å². The monoisotopic (exact) mass is 225 g/mol. The average molecular weight is 225 g/mol. The van der Waals surface area contributed by atoms with E-state index in [1.807, 2.05) is 0 Å². The Balaban J connectivity index is 2.46. The third-order valence-corrected chi connectivity index (χ3v) is 1.76. The highest BCUT2D eigenvalue weighted by Gasteiger charge is 2.12. The molecule has 1 heterocycles. The topological polar surface area (TPSA) is 86.7 Å². The van der Waals surface area contributed by atoms with E-state index in [2.05, 4.69) is 15.4 Å². The SMILES string of the molecule is NC(=O)c1nnn(-c2ccc(F)cc2F)n1. The van der Waals surface area contributed by atoms with Crippen LogP contribution in [0.3, 0.4) is 0 Å². The van der Waals surface area contributed by atoms with E-state index >= 15 is 0 Å². The van der Waals surface area contributed by atoms with Crippen molar-refractivity contribution in [2.75, 3.05) is 0 Å². The van der Waals surface area contributed by atoms with Gasteiger partial charge in [0.1, 0.15) is 11.5 Å². The maximum atomic E-state index is 13.3. The van der Waals surface area contributed by atoms with E-state index in [0.29, 0.717) is 6.07 Å². The van der Waals surface area contributed by atoms with Gasteiger partial charge >= 0.3 is 0 Å². The number of benzene rings is 1. The van der Waals surface area contributed by atoms with Crippen LogP contribution in [-0.2, 0) is 0 Å². The van der Waals surface area contributed by atoms with Crippen LogP contribution in [0.25, 0.3) is 5.69 Å². The molecule has 6 nitrogen and oxygen atoms in total. The third-order valence-electron chi connectivity index (χ3n) is 1.76. The quantitative estimate of drug-likeness (QED) is 0.781. The number of rotatable bonds is 2. The van der Waals surface area contributed by atoms with Crippen molar-refractivity contribution in [2.24, 2.45) is 5.73 Å². The maximum absolute atomic E-state index is 13.3. The molecule has 0 aliphatic heterocycles. The smallest absolute Gasteiger partial charge is 0.290 e. The lowest BCUT2D eigenvalue weighted by Gasteiger charge is -1.99. The molecular weight excluding hydrogens is 220 g/mol. The lowest BCUT2D eigenvalue weighted by Crippen LogP contribution is -2.13. The second-order valence-corrected chi connectivity index (χ2v) is 2.86. The first-order chi connectivity index (χ1) is 7.58. The van der Waals surface area contributed by atoms with Crippen LogP contribution in [0, 0.1) is 11.6 Å². The fourth-order valence-corrected chi connectivity index (χ4v) is 1.06. The van der Waals surface area contributed by atoms with Crippen molar-refractivity contribution in [1.29, 1.82) is 0 Å². The highest BCUT2D eigenvalue weighted by molar-refractivity contribution is 5.88. The van der Waals surface area contributed by atoms with Crippen molar-refractivity contribution in [3.63, 3.8) is 0 Å². The number of nitrogens with two attached hydrogens (primary N) is 1. The largest absolute Gasteiger partial charge is 0.363 e. The number of carbonyl (C=O) groups excluding carboxylic acids is 1. The van der Waals surface area contributed by atoms with Crippen LogP contribution in [0.2, 0.25) is 0 Å². The molecule has 0 radical (unpaired) electrons. The lowest BCUT2D eigenvalue weighted by molar-refractivity contribution is 0.0990. The van der Waals surface area contributed by atoms with Gasteiger partial charge in [-0.15, -0.1) is 15.0 Å². The predicted molar refractivity (Wildman–Crippen MR) is 47.6 cm³/mol. The summed E-state index contributed by atoms with van der Waals surface area (Å²) in [7, 11) is 0. The fourth-order valence-electron chi connectivity index (χ4n) is 1.06. The van der Waals surface area contributed by atoms with Gasteiger partial charge in [0, 0.05) is 6.07 Å². The Kier molecular flexibility index (Phi) is 2.31. The molecule has 2 rings (SSSR count). The van der Waals surface area contributed by atoms with Crippen LogP contribution in [-0.4, -0.2) is 26.1 Å². The van der Waals surface area contributed by atoms with Crippen molar-refractivity contribution in [3.8, 4) is 5.69 Å². The number of primary amides is 1. The Bertz CT molecular complexity index is 553. The fraction of sp³-hybridized carbons (Fsp3) is 0. The number of halogens is 2. The van der Waals surface area contributed by atoms with Crippen LogP contribution in [0.1, 0.15) is 10.6 Å². The van der Waals surface area contributed by atoms with Crippen molar-refractivity contribution in [2.45, 2.75) is 0 Å². The van der Waals surface area contributed by atoms with Crippen LogP contribution < -0.4 is 5.73 Å². The molecule has 0 saturated carbocycles. The highest BCUT2D eigenvalue weighted by atomic mass is 19.1. The summed E-state index contributed by atoms with van der Waals surface area (Å²) in [5, 5.41) is 10.2. The molecule has 0 spiro atoms. The predicted octanol–water partition coefficient (Wildman–Crippen LogP) is 0.0394. The first kappa shape index (κ1) is 10.1. The molecule has 1 aromatic carbocycles. The minimum atomic E-state index is -0.881. The number of aromatic nitrogens is 4. The molecule has 2 aromatic rings. The zero-order valence-electron chi connectivity index (χ0n) is 7.76. The first-order valence-electron chi connectivity index (χ1n) is 4.13. The molecule has 0 aliphatic carbocycles. The summed E-state index contributed by atoms with van der Waals surface area (Å²) < 4.78 is 25.9. The standard InChI is InChI=1S/C8H5F2N5O/c9-4-1-2-6(5(10)3-4)15-13-8(7(11)16)12-14-15/h1-3H,(H2,11,16). The molecule has 0 bridgehead atoms. The molecule has 1 aromatic heterocycles. The normalized spacial score (nSPS) is 10.4. The van der Waals surface area contributed by atoms with E-state index < -0.39 is 17.5 Å². The van der Waals surface area contributed by atoms with Gasteiger partial charge < -0.3 is 5.73 Å². The molecule has 1 amide bonds. The Labute approximate surface area is 87.7 Å². The number of hydrogen-bond donors (Lipinski definition) is 1. The van der Waals surface area contributed by atoms with E-state index in [1.165, 1.54) is 0 Å². The maximum Gasteiger partial charge on any atom is 0.290 e. The number of hydrogen-bond acceptors (Lipinski definition) is 4. The zero-order valence-corrected chi connectivity index (χ0v) is 7.76. The lowest BCUT2D eigenvalue weighted by atomic mass is 10.3. The van der Waals surface area contributed by atoms with Crippen molar-refractivity contribution in [1.82, 2.24) is 20.2 Å². The van der Waals surface area contributed by atoms with Gasteiger partial charge in [0.05, 0.1) is 0 Å². The molecule has 0 atom stereocenters. The number of nitrogens with zero attached hydrogens (tertiary/aromatic N) is 4. The van der Waals surface area contributed by atoms with Crippen molar-refractivity contribution in [3.05, 3.63) is 35.7 Å². The summed E-state index contributed by atoms with van der Waals surface area (Å²) in [6.45, 7) is 0. The number of tetrazole rings is 1. The van der Waals surface area contributed by atoms with Gasteiger partial charge in [0.25, 0.3) is 11.7 Å². The molecule has 0 saturated heterocycles. The van der Waals surface area contributed by atoms with Gasteiger partial charge in [-0.2, -0.15) is 0 Å². The van der Waals surface area contributed by atoms with Gasteiger partial charge in [0.2, 0.25) is 0 Å². The van der Waals surface area contributed by atoms with Gasteiger partial charge in [-0.25, -0.2) is 8.78 Å². The molecule has 82 valence electrons. The summed E-state index contributed by atoms with van der Waals surface area (Å²) in [4.78, 5) is 11.4. The zero-order chi connectivity index (χ0) is 11.7. The van der Waals surface area contributed by atoms with E-state index in [9.17, 15) is 13.6 Å². The van der Waals surface area contributed by atoms with E-state index in [-0.39, 0.29) is 11.5 Å². The van der Waals surface area contributed by atoms with Crippen LogP contribution in [0.5, 0.6) is 0 Å². The Hall–Kier alpha value is -2.38. The summed E-state index contributed by atoms with van der Waals surface area (Å²) in [5.74, 6) is -2.82. The van der Waals surface area contributed by atoms with Crippen LogP contribution in [0.4, 0.5) is 8.78 Å². The van der Waals surface area contributed by atoms with Gasteiger partial charge in [-0.3, -0.25) is 4.79 Å². The summed E-state index contributed by atoms with van der Waals surface area (Å²) in [5.41, 5.74) is 4.77. The minimum Gasteiger partial charge on any atom is -0.363 e. The number of carbonyl (C=O) groups is 1. The van der Waals surface area contributed by atoms with E-state index in [4.69, 9.17) is 5.73 Å². The van der Waals surface area contributed by atoms with Gasteiger partial charge in [0.15, 0.2) is 5.82 Å². The molecule has 0 aliphatic rings. The molecular formula is C8H5F2N5O. The van der Waals surface area contributed by atoms with Crippen molar-refractivity contribution < 1.29 is 13.6 Å². The highest BCUT2D eigenvalue weighted by Crippen LogP contribution is 2.12. The third kappa shape index (κ3) is 1.72. The first-order valence-corrected chi connectivity index (χ1v) is 4.13. The number of amides is 1. The second kappa shape index (κ2) is 3.65. The van der Waals surface area contributed by atoms with E-state index in [0.717, 1.165) is 16.9 Å². The Morgan fingerprint density at radius 2 is 2.12 bits per heavy atom. The summed E-state index contributed by atoms with van der Waals surface area (Å²) in [6, 6.07) is 2.82. The Morgan fingerprint density at radius 1 is 1.38 bits per heavy atom. The van der Waals surface area contributed by atoms with Crippen LogP contribution in [0.15, 0.2) is 18.2 Å². The Morgan fingerprint density at radius 3 is 2.69 bits per heavy atom. The van der Waals surface area contributed by atoms with Gasteiger partial charge in [-0.1, -0.05) is 0 Å². The minimum absolute atomic E-state index is 0.124. The second-order valence-electron chi connectivity index (χ2n) is 2.86. The van der Waals surface area contributed by atoms with Crippen LogP contribution >= 0.6 is 0 Å². The summed E-state index contributed by atoms with van der Waals surface area (Å²) in [6.07, 6.45) is 0. The van der Waals surface area contributed by atoms with Gasteiger partial charge in [-0.05, 0) is 17.3 Å². The average Bonchev–Trinajstić information content (AvgIpc) is 2.66. The molecule has 0 fully saturated rings. The summed E-state index contributed by atoms with van der Waals surface area (Å²) >= 11 is 0. The molecule has 2 N–H and O–H groups in total. The molecule has 8 heteroatoms. The molecule has 0 unspecified atom stereocenters.